The number of para-hydroxylation sites is 1. The van der Waals surface area contributed by atoms with Gasteiger partial charge in [-0.1, -0.05) is 55.5 Å². The van der Waals surface area contributed by atoms with Gasteiger partial charge in [-0.25, -0.2) is 0 Å². The molecule has 1 aliphatic heterocycles. The molecule has 4 nitrogen and oxygen atoms in total. The number of hydrogen-bond donors (Lipinski definition) is 1. The third kappa shape index (κ3) is 5.27. The second kappa shape index (κ2) is 10.6. The van der Waals surface area contributed by atoms with Crippen molar-refractivity contribution >= 4 is 22.7 Å². The molecule has 4 aromatic rings. The van der Waals surface area contributed by atoms with E-state index in [4.69, 9.17) is 4.74 Å². The van der Waals surface area contributed by atoms with Crippen molar-refractivity contribution < 1.29 is 4.74 Å². The van der Waals surface area contributed by atoms with Crippen molar-refractivity contribution in [1.29, 1.82) is 0 Å². The van der Waals surface area contributed by atoms with Crippen LogP contribution < -0.4 is 19.9 Å². The van der Waals surface area contributed by atoms with Crippen LogP contribution in [0.15, 0.2) is 97.1 Å². The van der Waals surface area contributed by atoms with Gasteiger partial charge in [-0.15, -0.1) is 0 Å². The first-order chi connectivity index (χ1) is 17.2. The molecule has 1 heterocycles. The molecule has 0 radical (unpaired) electrons. The highest BCUT2D eigenvalue weighted by atomic mass is 16.5. The van der Waals surface area contributed by atoms with Gasteiger partial charge in [0.25, 0.3) is 0 Å². The molecule has 0 saturated carbocycles. The Balaban J connectivity index is 1.29. The maximum Gasteiger partial charge on any atom is 0.161 e. The maximum absolute atomic E-state index is 6.05. The van der Waals surface area contributed by atoms with Crippen LogP contribution in [0.4, 0.5) is 22.7 Å². The molecule has 5 rings (SSSR count). The Labute approximate surface area is 208 Å². The summed E-state index contributed by atoms with van der Waals surface area (Å²) in [6.45, 7) is 4.56. The topological polar surface area (TPSA) is 27.7 Å². The van der Waals surface area contributed by atoms with Gasteiger partial charge in [0, 0.05) is 48.5 Å². The zero-order valence-corrected chi connectivity index (χ0v) is 20.6. The van der Waals surface area contributed by atoms with Gasteiger partial charge in [-0.3, -0.25) is 0 Å². The van der Waals surface area contributed by atoms with Gasteiger partial charge in [0.2, 0.25) is 0 Å². The molecule has 4 heteroatoms. The molecule has 178 valence electrons. The van der Waals surface area contributed by atoms with Crippen LogP contribution in [0.3, 0.4) is 0 Å². The maximum atomic E-state index is 6.05. The monoisotopic (exact) mass is 463 g/mol. The lowest BCUT2D eigenvalue weighted by molar-refractivity contribution is 0.289. The molecule has 35 heavy (non-hydrogen) atoms. The molecule has 0 unspecified atom stereocenters. The molecular formula is C31H33N3O. The fourth-order valence-corrected chi connectivity index (χ4v) is 4.63. The molecule has 0 aromatic heterocycles. The first-order valence-corrected chi connectivity index (χ1v) is 12.4. The van der Waals surface area contributed by atoms with Crippen molar-refractivity contribution in [3.63, 3.8) is 0 Å². The Morgan fingerprint density at radius 2 is 1.57 bits per heavy atom. The van der Waals surface area contributed by atoms with Crippen molar-refractivity contribution in [3.8, 4) is 5.75 Å². The highest BCUT2D eigenvalue weighted by molar-refractivity contribution is 5.69. The minimum atomic E-state index is 0.574. The summed E-state index contributed by atoms with van der Waals surface area (Å²) in [4.78, 5) is 4.52. The number of aryl methyl sites for hydroxylation is 1. The Morgan fingerprint density at radius 3 is 2.34 bits per heavy atom. The highest BCUT2D eigenvalue weighted by Crippen LogP contribution is 2.34. The summed E-state index contributed by atoms with van der Waals surface area (Å²) in [5, 5.41) is 3.64. The zero-order chi connectivity index (χ0) is 24.0. The number of ether oxygens (including phenoxy) is 1. The number of rotatable bonds is 8. The summed E-state index contributed by atoms with van der Waals surface area (Å²) >= 11 is 0. The summed E-state index contributed by atoms with van der Waals surface area (Å²) in [7, 11) is 2.14. The normalized spacial score (nSPS) is 12.6. The van der Waals surface area contributed by atoms with E-state index in [9.17, 15) is 0 Å². The second-order valence-electron chi connectivity index (χ2n) is 9.02. The molecule has 4 aromatic carbocycles. The molecule has 1 aliphatic rings. The quantitative estimate of drug-likeness (QED) is 0.304. The van der Waals surface area contributed by atoms with E-state index >= 15 is 0 Å². The summed E-state index contributed by atoms with van der Waals surface area (Å²) in [5.74, 6) is 0.974. The Morgan fingerprint density at radius 1 is 0.857 bits per heavy atom. The molecule has 0 saturated heterocycles. The predicted octanol–water partition coefficient (Wildman–Crippen LogP) is 7.03. The van der Waals surface area contributed by atoms with Crippen molar-refractivity contribution in [2.45, 2.75) is 26.3 Å². The predicted molar refractivity (Wildman–Crippen MR) is 147 cm³/mol. The molecule has 1 N–H and O–H groups in total. The van der Waals surface area contributed by atoms with Crippen molar-refractivity contribution in [2.24, 2.45) is 0 Å². The number of nitrogens with one attached hydrogen (secondary N) is 1. The number of nitrogens with zero attached hydrogens (tertiary/aromatic N) is 2. The lowest BCUT2D eigenvalue weighted by atomic mass is 10.1. The average Bonchev–Trinajstić information content (AvgIpc) is 2.93. The van der Waals surface area contributed by atoms with E-state index in [1.165, 1.54) is 33.8 Å². The number of fused-ring (bicyclic) bond motifs is 1. The third-order valence-corrected chi connectivity index (χ3v) is 6.72. The smallest absolute Gasteiger partial charge is 0.161 e. The van der Waals surface area contributed by atoms with E-state index in [1.54, 1.807) is 0 Å². The SMILES string of the molecule is CCc1cc(N(C)c2ccc3c(c2)CN(c2ccccc2)CO3)ccc1NCCc1ccccc1. The largest absolute Gasteiger partial charge is 0.473 e. The van der Waals surface area contributed by atoms with Gasteiger partial charge in [-0.2, -0.15) is 0 Å². The van der Waals surface area contributed by atoms with Crippen LogP contribution in [-0.4, -0.2) is 20.3 Å². The van der Waals surface area contributed by atoms with E-state index in [2.05, 4.69) is 120 Å². The third-order valence-electron chi connectivity index (χ3n) is 6.72. The van der Waals surface area contributed by atoms with Crippen LogP contribution in [0.2, 0.25) is 0 Å². The summed E-state index contributed by atoms with van der Waals surface area (Å²) in [5.41, 5.74) is 8.65. The van der Waals surface area contributed by atoms with Gasteiger partial charge < -0.3 is 19.9 Å². The summed E-state index contributed by atoms with van der Waals surface area (Å²) < 4.78 is 6.05. The van der Waals surface area contributed by atoms with E-state index in [0.717, 1.165) is 37.4 Å². The number of hydrogen-bond acceptors (Lipinski definition) is 4. The zero-order valence-electron chi connectivity index (χ0n) is 20.6. The minimum Gasteiger partial charge on any atom is -0.473 e. The van der Waals surface area contributed by atoms with Crippen LogP contribution >= 0.6 is 0 Å². The fraction of sp³-hybridized carbons (Fsp3) is 0.226. The highest BCUT2D eigenvalue weighted by Gasteiger charge is 2.19. The van der Waals surface area contributed by atoms with Gasteiger partial charge in [0.1, 0.15) is 5.75 Å². The van der Waals surface area contributed by atoms with Crippen LogP contribution in [-0.2, 0) is 19.4 Å². The van der Waals surface area contributed by atoms with Crippen molar-refractivity contribution in [1.82, 2.24) is 0 Å². The van der Waals surface area contributed by atoms with Gasteiger partial charge in [0.05, 0.1) is 0 Å². The Kier molecular flexibility index (Phi) is 6.89. The first kappa shape index (κ1) is 22.9. The average molecular weight is 464 g/mol. The summed E-state index contributed by atoms with van der Waals surface area (Å²) in [6.07, 6.45) is 2.00. The Bertz CT molecular complexity index is 1260. The van der Waals surface area contributed by atoms with E-state index in [-0.39, 0.29) is 0 Å². The van der Waals surface area contributed by atoms with Crippen LogP contribution in [0, 0.1) is 0 Å². The van der Waals surface area contributed by atoms with Gasteiger partial charge in [0.15, 0.2) is 6.73 Å². The lowest BCUT2D eigenvalue weighted by Crippen LogP contribution is -2.31. The van der Waals surface area contributed by atoms with Gasteiger partial charge in [-0.05, 0) is 72.5 Å². The molecule has 0 aliphatic carbocycles. The fourth-order valence-electron chi connectivity index (χ4n) is 4.63. The van der Waals surface area contributed by atoms with Crippen LogP contribution in [0.5, 0.6) is 5.75 Å². The van der Waals surface area contributed by atoms with E-state index in [1.807, 2.05) is 6.07 Å². The molecule has 0 atom stereocenters. The van der Waals surface area contributed by atoms with E-state index in [0.29, 0.717) is 6.73 Å². The van der Waals surface area contributed by atoms with Crippen LogP contribution in [0.1, 0.15) is 23.6 Å². The standard InChI is InChI=1S/C31H33N3O/c1-3-25-20-28(14-16-30(25)32-19-18-24-10-6-4-7-11-24)33(2)29-15-17-31-26(21-29)22-34(23-35-31)27-12-8-5-9-13-27/h4-17,20-21,32H,3,18-19,22-23H2,1-2H3. The molecular weight excluding hydrogens is 430 g/mol. The Hall–Kier alpha value is -3.92. The molecule has 0 spiro atoms. The van der Waals surface area contributed by atoms with Gasteiger partial charge >= 0.3 is 0 Å². The summed E-state index contributed by atoms with van der Waals surface area (Å²) in [6, 6.07) is 34.3. The first-order valence-electron chi connectivity index (χ1n) is 12.4. The van der Waals surface area contributed by atoms with E-state index < -0.39 is 0 Å². The minimum absolute atomic E-state index is 0.574. The van der Waals surface area contributed by atoms with Crippen LogP contribution in [0.25, 0.3) is 0 Å². The van der Waals surface area contributed by atoms with Crippen molar-refractivity contribution in [2.75, 3.05) is 35.4 Å². The molecule has 0 amide bonds. The number of benzene rings is 4. The lowest BCUT2D eigenvalue weighted by Gasteiger charge is -2.32. The molecule has 0 fully saturated rings. The van der Waals surface area contributed by atoms with Crippen molar-refractivity contribution in [3.05, 3.63) is 114 Å². The second-order valence-corrected chi connectivity index (χ2v) is 9.02. The molecule has 0 bridgehead atoms. The number of anilines is 4.